The van der Waals surface area contributed by atoms with Gasteiger partial charge in [0.25, 0.3) is 0 Å². The van der Waals surface area contributed by atoms with Crippen LogP contribution in [0.1, 0.15) is 36.8 Å². The molecular weight excluding hydrogens is 270 g/mol. The summed E-state index contributed by atoms with van der Waals surface area (Å²) in [6.45, 7) is 1.79. The number of pyridine rings is 1. The van der Waals surface area contributed by atoms with Crippen molar-refractivity contribution in [2.75, 3.05) is 11.9 Å². The van der Waals surface area contributed by atoms with E-state index < -0.39 is 0 Å². The predicted octanol–water partition coefficient (Wildman–Crippen LogP) is 3.75. The molecule has 0 saturated heterocycles. The molecular formula is C19H25N3. The Bertz CT molecular complexity index is 576. The summed E-state index contributed by atoms with van der Waals surface area (Å²) in [4.78, 5) is 6.84. The molecule has 2 aromatic rings. The highest BCUT2D eigenvalue weighted by molar-refractivity contribution is 5.46. The first-order valence-corrected chi connectivity index (χ1v) is 8.25. The zero-order chi connectivity index (χ0) is 15.2. The van der Waals surface area contributed by atoms with Gasteiger partial charge in [-0.3, -0.25) is 0 Å². The van der Waals surface area contributed by atoms with E-state index in [2.05, 4.69) is 58.6 Å². The third-order valence-corrected chi connectivity index (χ3v) is 4.43. The van der Waals surface area contributed by atoms with E-state index in [0.717, 1.165) is 18.9 Å². The first-order valence-electron chi connectivity index (χ1n) is 8.25. The van der Waals surface area contributed by atoms with Crippen LogP contribution in [0.5, 0.6) is 0 Å². The third kappa shape index (κ3) is 3.86. The van der Waals surface area contributed by atoms with Crippen LogP contribution in [0.4, 0.5) is 5.82 Å². The minimum absolute atomic E-state index is 0.687. The van der Waals surface area contributed by atoms with Gasteiger partial charge in [0, 0.05) is 37.9 Å². The van der Waals surface area contributed by atoms with Crippen LogP contribution in [0.25, 0.3) is 0 Å². The largest absolute Gasteiger partial charge is 0.355 e. The van der Waals surface area contributed by atoms with Crippen molar-refractivity contribution in [1.29, 1.82) is 0 Å². The number of anilines is 1. The summed E-state index contributed by atoms with van der Waals surface area (Å²) in [7, 11) is 2.12. The Labute approximate surface area is 133 Å². The van der Waals surface area contributed by atoms with E-state index in [-0.39, 0.29) is 0 Å². The molecule has 1 aromatic carbocycles. The molecule has 1 saturated carbocycles. The molecule has 22 heavy (non-hydrogen) atoms. The summed E-state index contributed by atoms with van der Waals surface area (Å²) in [6.07, 6.45) is 7.25. The van der Waals surface area contributed by atoms with Crippen LogP contribution in [-0.2, 0) is 13.1 Å². The second-order valence-electron chi connectivity index (χ2n) is 6.19. The molecule has 0 bridgehead atoms. The molecule has 3 nitrogen and oxygen atoms in total. The van der Waals surface area contributed by atoms with Crippen LogP contribution in [0.2, 0.25) is 0 Å². The van der Waals surface area contributed by atoms with Gasteiger partial charge in [-0.25, -0.2) is 4.98 Å². The van der Waals surface area contributed by atoms with Crippen LogP contribution in [-0.4, -0.2) is 18.1 Å². The number of benzene rings is 1. The van der Waals surface area contributed by atoms with Crippen LogP contribution in [0, 0.1) is 0 Å². The molecule has 1 aliphatic carbocycles. The first-order chi connectivity index (χ1) is 10.8. The minimum atomic E-state index is 0.687. The second kappa shape index (κ2) is 7.41. The summed E-state index contributed by atoms with van der Waals surface area (Å²) in [6, 6.07) is 15.5. The van der Waals surface area contributed by atoms with Crippen molar-refractivity contribution in [3.8, 4) is 0 Å². The van der Waals surface area contributed by atoms with Gasteiger partial charge in [0.1, 0.15) is 5.82 Å². The standard InChI is InChI=1S/C19H25N3/c1-22(15-16-8-3-2-4-9-16)19-17(10-7-13-20-19)14-21-18-11-5-6-12-18/h2-4,7-10,13,18,21H,5-6,11-12,14-15H2,1H3. The van der Waals surface area contributed by atoms with Crippen molar-refractivity contribution in [3.05, 3.63) is 59.8 Å². The maximum Gasteiger partial charge on any atom is 0.133 e. The summed E-state index contributed by atoms with van der Waals surface area (Å²) >= 11 is 0. The molecule has 1 N–H and O–H groups in total. The number of hydrogen-bond acceptors (Lipinski definition) is 3. The molecule has 0 spiro atoms. The second-order valence-corrected chi connectivity index (χ2v) is 6.19. The van der Waals surface area contributed by atoms with Gasteiger partial charge in [0.15, 0.2) is 0 Å². The van der Waals surface area contributed by atoms with Gasteiger partial charge < -0.3 is 10.2 Å². The Kier molecular flexibility index (Phi) is 5.07. The molecule has 3 heteroatoms. The Morgan fingerprint density at radius 3 is 2.64 bits per heavy atom. The Morgan fingerprint density at radius 2 is 1.86 bits per heavy atom. The Balaban J connectivity index is 1.67. The van der Waals surface area contributed by atoms with Crippen molar-refractivity contribution < 1.29 is 0 Å². The minimum Gasteiger partial charge on any atom is -0.355 e. The molecule has 1 aliphatic rings. The molecule has 3 rings (SSSR count). The molecule has 0 aliphatic heterocycles. The van der Waals surface area contributed by atoms with E-state index in [0.29, 0.717) is 6.04 Å². The average molecular weight is 295 g/mol. The van der Waals surface area contributed by atoms with Gasteiger partial charge in [-0.05, 0) is 24.5 Å². The smallest absolute Gasteiger partial charge is 0.133 e. The van der Waals surface area contributed by atoms with Crippen molar-refractivity contribution in [3.63, 3.8) is 0 Å². The fourth-order valence-corrected chi connectivity index (χ4v) is 3.23. The third-order valence-electron chi connectivity index (χ3n) is 4.43. The fourth-order valence-electron chi connectivity index (χ4n) is 3.23. The van der Waals surface area contributed by atoms with Crippen molar-refractivity contribution >= 4 is 5.82 Å². The van der Waals surface area contributed by atoms with E-state index in [4.69, 9.17) is 0 Å². The first kappa shape index (κ1) is 15.0. The van der Waals surface area contributed by atoms with E-state index in [1.54, 1.807) is 0 Å². The summed E-state index contributed by atoms with van der Waals surface area (Å²) in [5.74, 6) is 1.08. The lowest BCUT2D eigenvalue weighted by Gasteiger charge is -2.22. The van der Waals surface area contributed by atoms with Crippen molar-refractivity contribution in [1.82, 2.24) is 10.3 Å². The molecule has 0 radical (unpaired) electrons. The number of hydrogen-bond donors (Lipinski definition) is 1. The van der Waals surface area contributed by atoms with Crippen LogP contribution >= 0.6 is 0 Å². The van der Waals surface area contributed by atoms with Crippen molar-refractivity contribution in [2.24, 2.45) is 0 Å². The molecule has 116 valence electrons. The topological polar surface area (TPSA) is 28.2 Å². The normalized spacial score (nSPS) is 15.1. The average Bonchev–Trinajstić information content (AvgIpc) is 3.07. The number of aromatic nitrogens is 1. The van der Waals surface area contributed by atoms with Gasteiger partial charge in [0.2, 0.25) is 0 Å². The van der Waals surface area contributed by atoms with E-state index in [1.807, 2.05) is 12.3 Å². The monoisotopic (exact) mass is 295 g/mol. The summed E-state index contributed by atoms with van der Waals surface area (Å²) in [5.41, 5.74) is 2.60. The Hall–Kier alpha value is -1.87. The van der Waals surface area contributed by atoms with Crippen LogP contribution in [0.15, 0.2) is 48.7 Å². The van der Waals surface area contributed by atoms with Crippen LogP contribution in [0.3, 0.4) is 0 Å². The molecule has 1 fully saturated rings. The van der Waals surface area contributed by atoms with Crippen molar-refractivity contribution in [2.45, 2.75) is 44.8 Å². The highest BCUT2D eigenvalue weighted by Gasteiger charge is 2.15. The molecule has 0 atom stereocenters. The van der Waals surface area contributed by atoms with Gasteiger partial charge in [-0.15, -0.1) is 0 Å². The van der Waals surface area contributed by atoms with Gasteiger partial charge in [-0.1, -0.05) is 49.2 Å². The van der Waals surface area contributed by atoms with Gasteiger partial charge >= 0.3 is 0 Å². The fraction of sp³-hybridized carbons (Fsp3) is 0.421. The maximum atomic E-state index is 4.61. The number of rotatable bonds is 6. The highest BCUT2D eigenvalue weighted by Crippen LogP contribution is 2.21. The molecule has 0 amide bonds. The van der Waals surface area contributed by atoms with E-state index in [1.165, 1.54) is 36.8 Å². The maximum absolute atomic E-state index is 4.61. The SMILES string of the molecule is CN(Cc1ccccc1)c1ncccc1CNC1CCCC1. The lowest BCUT2D eigenvalue weighted by Crippen LogP contribution is -2.27. The zero-order valence-corrected chi connectivity index (χ0v) is 13.3. The molecule has 1 aromatic heterocycles. The van der Waals surface area contributed by atoms with Gasteiger partial charge in [-0.2, -0.15) is 0 Å². The lowest BCUT2D eigenvalue weighted by molar-refractivity contribution is 0.523. The zero-order valence-electron chi connectivity index (χ0n) is 13.3. The summed E-state index contributed by atoms with van der Waals surface area (Å²) < 4.78 is 0. The predicted molar refractivity (Wildman–Crippen MR) is 91.9 cm³/mol. The van der Waals surface area contributed by atoms with Gasteiger partial charge in [0.05, 0.1) is 0 Å². The number of nitrogens with one attached hydrogen (secondary N) is 1. The Morgan fingerprint density at radius 1 is 1.09 bits per heavy atom. The lowest BCUT2D eigenvalue weighted by atomic mass is 10.2. The summed E-state index contributed by atoms with van der Waals surface area (Å²) in [5, 5.41) is 3.69. The number of nitrogens with zero attached hydrogens (tertiary/aromatic N) is 2. The van der Waals surface area contributed by atoms with Crippen LogP contribution < -0.4 is 10.2 Å². The van der Waals surface area contributed by atoms with E-state index in [9.17, 15) is 0 Å². The molecule has 0 unspecified atom stereocenters. The van der Waals surface area contributed by atoms with E-state index >= 15 is 0 Å². The quantitative estimate of drug-likeness (QED) is 0.879. The highest BCUT2D eigenvalue weighted by atomic mass is 15.2. The molecule has 1 heterocycles.